The van der Waals surface area contributed by atoms with Crippen LogP contribution in [0, 0.1) is 0 Å². The second kappa shape index (κ2) is 4.69. The Balaban J connectivity index is 2.30. The van der Waals surface area contributed by atoms with E-state index in [1.165, 1.54) is 0 Å². The number of aromatic nitrogens is 2. The summed E-state index contributed by atoms with van der Waals surface area (Å²) < 4.78 is 0. The van der Waals surface area contributed by atoms with Crippen LogP contribution in [-0.4, -0.2) is 9.97 Å². The highest BCUT2D eigenvalue weighted by Crippen LogP contribution is 2.18. The molecule has 0 saturated heterocycles. The second-order valence-electron chi connectivity index (χ2n) is 4.45. The number of fused-ring (bicyclic) bond motifs is 1. The lowest BCUT2D eigenvalue weighted by molar-refractivity contribution is 1.12. The molecular weight excluding hydrogens is 236 g/mol. The van der Waals surface area contributed by atoms with Crippen molar-refractivity contribution in [1.82, 2.24) is 9.97 Å². The molecule has 3 rings (SSSR count). The molecule has 19 heavy (non-hydrogen) atoms. The predicted molar refractivity (Wildman–Crippen MR) is 77.2 cm³/mol. The van der Waals surface area contributed by atoms with Gasteiger partial charge in [-0.3, -0.25) is 4.79 Å². The maximum Gasteiger partial charge on any atom is 0.259 e. The number of aromatic amines is 1. The molecule has 0 bridgehead atoms. The van der Waals surface area contributed by atoms with Gasteiger partial charge in [0.1, 0.15) is 5.82 Å². The highest BCUT2D eigenvalue weighted by atomic mass is 16.1. The summed E-state index contributed by atoms with van der Waals surface area (Å²) in [6.45, 7) is 2.04. The average molecular weight is 250 g/mol. The van der Waals surface area contributed by atoms with Crippen LogP contribution in [0.4, 0.5) is 0 Å². The number of hydrogen-bond acceptors (Lipinski definition) is 2. The summed E-state index contributed by atoms with van der Waals surface area (Å²) in [4.78, 5) is 19.7. The normalized spacial score (nSPS) is 10.8. The van der Waals surface area contributed by atoms with E-state index in [-0.39, 0.29) is 5.56 Å². The van der Waals surface area contributed by atoms with E-state index in [1.54, 1.807) is 0 Å². The average Bonchev–Trinajstić information content (AvgIpc) is 2.47. The topological polar surface area (TPSA) is 45.8 Å². The lowest BCUT2D eigenvalue weighted by atomic mass is 10.1. The summed E-state index contributed by atoms with van der Waals surface area (Å²) in [5.41, 5.74) is 2.64. The Morgan fingerprint density at radius 3 is 2.58 bits per heavy atom. The molecule has 1 aromatic heterocycles. The molecular formula is C16H14N2O. The zero-order valence-corrected chi connectivity index (χ0v) is 10.7. The molecule has 0 fully saturated rings. The fourth-order valence-corrected chi connectivity index (χ4v) is 2.29. The maximum absolute atomic E-state index is 12.3. The molecule has 0 saturated carbocycles. The van der Waals surface area contributed by atoms with Crippen molar-refractivity contribution in [3.05, 3.63) is 64.4 Å². The van der Waals surface area contributed by atoms with E-state index in [1.807, 2.05) is 55.5 Å². The highest BCUT2D eigenvalue weighted by Gasteiger charge is 2.08. The minimum absolute atomic E-state index is 0.0682. The van der Waals surface area contributed by atoms with Crippen molar-refractivity contribution in [1.29, 1.82) is 0 Å². The third kappa shape index (κ3) is 2.03. The van der Waals surface area contributed by atoms with Gasteiger partial charge in [0.05, 0.1) is 10.9 Å². The first-order valence-corrected chi connectivity index (χ1v) is 6.37. The van der Waals surface area contributed by atoms with Gasteiger partial charge in [-0.2, -0.15) is 0 Å². The lowest BCUT2D eigenvalue weighted by Gasteiger charge is -2.05. The highest BCUT2D eigenvalue weighted by molar-refractivity contribution is 5.82. The summed E-state index contributed by atoms with van der Waals surface area (Å²) in [5.74, 6) is 0.617. The quantitative estimate of drug-likeness (QED) is 0.759. The van der Waals surface area contributed by atoms with Crippen molar-refractivity contribution in [2.75, 3.05) is 0 Å². The molecule has 0 amide bonds. The van der Waals surface area contributed by atoms with E-state index < -0.39 is 0 Å². The zero-order valence-electron chi connectivity index (χ0n) is 10.7. The summed E-state index contributed by atoms with van der Waals surface area (Å²) in [6, 6.07) is 15.5. The third-order valence-corrected chi connectivity index (χ3v) is 3.25. The molecule has 0 radical (unpaired) electrons. The zero-order chi connectivity index (χ0) is 13.2. The van der Waals surface area contributed by atoms with E-state index in [0.29, 0.717) is 11.2 Å². The Labute approximate surface area is 111 Å². The van der Waals surface area contributed by atoms with Crippen LogP contribution in [0.5, 0.6) is 0 Å². The molecule has 0 aliphatic heterocycles. The van der Waals surface area contributed by atoms with Crippen LogP contribution in [0.25, 0.3) is 22.3 Å². The van der Waals surface area contributed by atoms with E-state index >= 15 is 0 Å². The first kappa shape index (κ1) is 11.7. The molecule has 3 heteroatoms. The van der Waals surface area contributed by atoms with Crippen LogP contribution in [0.15, 0.2) is 53.3 Å². The van der Waals surface area contributed by atoms with Crippen molar-refractivity contribution in [3.8, 4) is 11.4 Å². The SMILES string of the molecule is CCc1cccc2nc(-c3ccccc3)[nH]c(=O)c12. The van der Waals surface area contributed by atoms with Crippen molar-refractivity contribution in [2.45, 2.75) is 13.3 Å². The van der Waals surface area contributed by atoms with Gasteiger partial charge in [-0.15, -0.1) is 0 Å². The molecule has 3 aromatic rings. The van der Waals surface area contributed by atoms with Crippen molar-refractivity contribution in [2.24, 2.45) is 0 Å². The molecule has 0 aliphatic carbocycles. The van der Waals surface area contributed by atoms with Gasteiger partial charge in [-0.05, 0) is 18.1 Å². The number of hydrogen-bond donors (Lipinski definition) is 1. The Kier molecular flexibility index (Phi) is 2.88. The van der Waals surface area contributed by atoms with Gasteiger partial charge >= 0.3 is 0 Å². The molecule has 0 atom stereocenters. The Morgan fingerprint density at radius 2 is 1.84 bits per heavy atom. The monoisotopic (exact) mass is 250 g/mol. The summed E-state index contributed by atoms with van der Waals surface area (Å²) in [6.07, 6.45) is 0.826. The number of benzene rings is 2. The van der Waals surface area contributed by atoms with Crippen LogP contribution in [0.1, 0.15) is 12.5 Å². The van der Waals surface area contributed by atoms with E-state index in [4.69, 9.17) is 0 Å². The van der Waals surface area contributed by atoms with Gasteiger partial charge in [-0.25, -0.2) is 4.98 Å². The molecule has 0 aliphatic rings. The van der Waals surface area contributed by atoms with E-state index in [9.17, 15) is 4.79 Å². The van der Waals surface area contributed by atoms with Crippen molar-refractivity contribution >= 4 is 10.9 Å². The number of nitrogens with zero attached hydrogens (tertiary/aromatic N) is 1. The molecule has 0 unspecified atom stereocenters. The minimum atomic E-state index is -0.0682. The van der Waals surface area contributed by atoms with Crippen LogP contribution < -0.4 is 5.56 Å². The third-order valence-electron chi connectivity index (χ3n) is 3.25. The van der Waals surface area contributed by atoms with Gasteiger partial charge in [0, 0.05) is 5.56 Å². The van der Waals surface area contributed by atoms with E-state index in [2.05, 4.69) is 9.97 Å². The fourth-order valence-electron chi connectivity index (χ4n) is 2.29. The van der Waals surface area contributed by atoms with Crippen molar-refractivity contribution in [3.63, 3.8) is 0 Å². The smallest absolute Gasteiger partial charge is 0.259 e. The van der Waals surface area contributed by atoms with Crippen LogP contribution in [0.3, 0.4) is 0 Å². The first-order valence-electron chi connectivity index (χ1n) is 6.37. The first-order chi connectivity index (χ1) is 9.29. The predicted octanol–water partition coefficient (Wildman–Crippen LogP) is 3.15. The van der Waals surface area contributed by atoms with Crippen LogP contribution >= 0.6 is 0 Å². The van der Waals surface area contributed by atoms with E-state index in [0.717, 1.165) is 23.1 Å². The van der Waals surface area contributed by atoms with Gasteiger partial charge in [0.25, 0.3) is 5.56 Å². The standard InChI is InChI=1S/C16H14N2O/c1-2-11-9-6-10-13-14(11)16(19)18-15(17-13)12-7-4-3-5-8-12/h3-10H,2H2,1H3,(H,17,18,19). The largest absolute Gasteiger partial charge is 0.306 e. The van der Waals surface area contributed by atoms with Crippen LogP contribution in [0.2, 0.25) is 0 Å². The number of rotatable bonds is 2. The maximum atomic E-state index is 12.3. The van der Waals surface area contributed by atoms with Crippen LogP contribution in [-0.2, 0) is 6.42 Å². The summed E-state index contributed by atoms with van der Waals surface area (Å²) >= 11 is 0. The molecule has 3 nitrogen and oxygen atoms in total. The second-order valence-corrected chi connectivity index (χ2v) is 4.45. The molecule has 94 valence electrons. The fraction of sp³-hybridized carbons (Fsp3) is 0.125. The Hall–Kier alpha value is -2.42. The van der Waals surface area contributed by atoms with Gasteiger partial charge in [0.15, 0.2) is 0 Å². The molecule has 2 aromatic carbocycles. The van der Waals surface area contributed by atoms with Gasteiger partial charge in [-0.1, -0.05) is 49.4 Å². The Morgan fingerprint density at radius 1 is 1.05 bits per heavy atom. The summed E-state index contributed by atoms with van der Waals surface area (Å²) in [7, 11) is 0. The number of nitrogens with one attached hydrogen (secondary N) is 1. The lowest BCUT2D eigenvalue weighted by Crippen LogP contribution is -2.11. The minimum Gasteiger partial charge on any atom is -0.306 e. The number of aryl methyl sites for hydroxylation is 1. The molecule has 1 heterocycles. The van der Waals surface area contributed by atoms with Crippen molar-refractivity contribution < 1.29 is 0 Å². The van der Waals surface area contributed by atoms with Gasteiger partial charge in [0.2, 0.25) is 0 Å². The summed E-state index contributed by atoms with van der Waals surface area (Å²) in [5, 5.41) is 0.699. The van der Waals surface area contributed by atoms with Gasteiger partial charge < -0.3 is 4.98 Å². The Bertz CT molecular complexity index is 776. The molecule has 0 spiro atoms. The molecule has 1 N–H and O–H groups in total. The number of H-pyrrole nitrogens is 1.